The summed E-state index contributed by atoms with van der Waals surface area (Å²) < 4.78 is 28.2. The molecule has 0 aromatic rings. The molecule has 6 nitrogen and oxygen atoms in total. The van der Waals surface area contributed by atoms with E-state index in [1.54, 1.807) is 0 Å². The van der Waals surface area contributed by atoms with E-state index in [0.717, 1.165) is 25.7 Å². The lowest BCUT2D eigenvalue weighted by molar-refractivity contribution is -0.127. The SMILES string of the molecule is CCN(CC)S(=O)(=O)N1CCCC(C(=O)NC2CCCCC2)C1. The largest absolute Gasteiger partial charge is 0.353 e. The second kappa shape index (κ2) is 8.44. The lowest BCUT2D eigenvalue weighted by atomic mass is 9.93. The van der Waals surface area contributed by atoms with E-state index in [2.05, 4.69) is 5.32 Å². The van der Waals surface area contributed by atoms with Gasteiger partial charge in [0.05, 0.1) is 5.92 Å². The summed E-state index contributed by atoms with van der Waals surface area (Å²) in [7, 11) is -3.44. The molecule has 1 aliphatic heterocycles. The van der Waals surface area contributed by atoms with E-state index in [1.807, 2.05) is 13.8 Å². The van der Waals surface area contributed by atoms with Gasteiger partial charge in [-0.15, -0.1) is 0 Å². The maximum absolute atomic E-state index is 12.6. The van der Waals surface area contributed by atoms with Gasteiger partial charge in [0.2, 0.25) is 5.91 Å². The van der Waals surface area contributed by atoms with Gasteiger partial charge in [0.1, 0.15) is 0 Å². The molecular weight excluding hydrogens is 314 g/mol. The molecule has 1 N–H and O–H groups in total. The van der Waals surface area contributed by atoms with Crippen LogP contribution in [0, 0.1) is 5.92 Å². The average Bonchev–Trinajstić information content (AvgIpc) is 2.57. The summed E-state index contributed by atoms with van der Waals surface area (Å²) in [5.41, 5.74) is 0. The molecule has 1 atom stereocenters. The van der Waals surface area contributed by atoms with Crippen LogP contribution in [0.2, 0.25) is 0 Å². The van der Waals surface area contributed by atoms with Crippen molar-refractivity contribution in [3.63, 3.8) is 0 Å². The molecule has 2 fully saturated rings. The van der Waals surface area contributed by atoms with Gasteiger partial charge in [0.25, 0.3) is 10.2 Å². The molecule has 1 saturated carbocycles. The van der Waals surface area contributed by atoms with Gasteiger partial charge >= 0.3 is 0 Å². The highest BCUT2D eigenvalue weighted by molar-refractivity contribution is 7.86. The zero-order valence-electron chi connectivity index (χ0n) is 14.5. The Kier molecular flexibility index (Phi) is 6.85. The molecular formula is C16H31N3O3S. The van der Waals surface area contributed by atoms with Crippen LogP contribution in [0.15, 0.2) is 0 Å². The van der Waals surface area contributed by atoms with Crippen molar-refractivity contribution in [1.82, 2.24) is 13.9 Å². The summed E-state index contributed by atoms with van der Waals surface area (Å²) >= 11 is 0. The Morgan fingerprint density at radius 3 is 2.35 bits per heavy atom. The molecule has 2 aliphatic rings. The summed E-state index contributed by atoms with van der Waals surface area (Å²) in [5.74, 6) is -0.174. The second-order valence-corrected chi connectivity index (χ2v) is 8.56. The van der Waals surface area contributed by atoms with Crippen LogP contribution >= 0.6 is 0 Å². The van der Waals surface area contributed by atoms with Gasteiger partial charge in [-0.3, -0.25) is 4.79 Å². The number of carbonyl (C=O) groups excluding carboxylic acids is 1. The van der Waals surface area contributed by atoms with Gasteiger partial charge in [0, 0.05) is 32.2 Å². The van der Waals surface area contributed by atoms with E-state index in [-0.39, 0.29) is 17.9 Å². The van der Waals surface area contributed by atoms with Crippen LogP contribution in [0.25, 0.3) is 0 Å². The molecule has 0 aromatic carbocycles. The quantitative estimate of drug-likeness (QED) is 0.797. The summed E-state index contributed by atoms with van der Waals surface area (Å²) in [6, 6.07) is 0.283. The predicted octanol–water partition coefficient (Wildman–Crippen LogP) is 1.73. The number of piperidine rings is 1. The molecule has 2 rings (SSSR count). The molecule has 1 aliphatic carbocycles. The summed E-state index contributed by atoms with van der Waals surface area (Å²) in [6.07, 6.45) is 7.26. The highest BCUT2D eigenvalue weighted by Crippen LogP contribution is 2.23. The first-order valence-corrected chi connectivity index (χ1v) is 10.4. The minimum Gasteiger partial charge on any atom is -0.353 e. The molecule has 1 saturated heterocycles. The average molecular weight is 346 g/mol. The van der Waals surface area contributed by atoms with Crippen molar-refractivity contribution in [2.75, 3.05) is 26.2 Å². The number of rotatable bonds is 6. The highest BCUT2D eigenvalue weighted by atomic mass is 32.2. The summed E-state index contributed by atoms with van der Waals surface area (Å²) in [5, 5.41) is 3.14. The number of hydrogen-bond acceptors (Lipinski definition) is 3. The fourth-order valence-electron chi connectivity index (χ4n) is 3.65. The van der Waals surface area contributed by atoms with E-state index >= 15 is 0 Å². The fourth-order valence-corrected chi connectivity index (χ4v) is 5.35. The van der Waals surface area contributed by atoms with Crippen LogP contribution < -0.4 is 5.32 Å². The third-order valence-electron chi connectivity index (χ3n) is 5.06. The lowest BCUT2D eigenvalue weighted by Crippen LogP contribution is -2.51. The summed E-state index contributed by atoms with van der Waals surface area (Å²) in [4.78, 5) is 12.5. The van der Waals surface area contributed by atoms with E-state index in [9.17, 15) is 13.2 Å². The second-order valence-electron chi connectivity index (χ2n) is 6.63. The number of amides is 1. The minimum absolute atomic E-state index is 0.0383. The first-order chi connectivity index (χ1) is 11.0. The Balaban J connectivity index is 1.95. The van der Waals surface area contributed by atoms with Gasteiger partial charge in [-0.2, -0.15) is 17.0 Å². The van der Waals surface area contributed by atoms with Crippen molar-refractivity contribution in [2.45, 2.75) is 64.8 Å². The Morgan fingerprint density at radius 1 is 1.09 bits per heavy atom. The molecule has 1 heterocycles. The molecule has 0 bridgehead atoms. The van der Waals surface area contributed by atoms with E-state index in [0.29, 0.717) is 26.2 Å². The van der Waals surface area contributed by atoms with Gasteiger partial charge < -0.3 is 5.32 Å². The third kappa shape index (κ3) is 4.67. The van der Waals surface area contributed by atoms with E-state index in [1.165, 1.54) is 27.9 Å². The van der Waals surface area contributed by atoms with Gasteiger partial charge in [-0.1, -0.05) is 33.1 Å². The maximum atomic E-state index is 12.6. The highest BCUT2D eigenvalue weighted by Gasteiger charge is 2.35. The number of nitrogens with zero attached hydrogens (tertiary/aromatic N) is 2. The first kappa shape index (κ1) is 18.7. The van der Waals surface area contributed by atoms with Gasteiger partial charge in [0.15, 0.2) is 0 Å². The molecule has 134 valence electrons. The molecule has 23 heavy (non-hydrogen) atoms. The Morgan fingerprint density at radius 2 is 1.74 bits per heavy atom. The Hall–Kier alpha value is -0.660. The standard InChI is InChI=1S/C16H31N3O3S/c1-3-18(4-2)23(21,22)19-12-8-9-14(13-19)16(20)17-15-10-6-5-7-11-15/h14-15H,3-13H2,1-2H3,(H,17,20). The molecule has 1 unspecified atom stereocenters. The van der Waals surface area contributed by atoms with Crippen molar-refractivity contribution >= 4 is 16.1 Å². The van der Waals surface area contributed by atoms with Crippen molar-refractivity contribution in [3.05, 3.63) is 0 Å². The predicted molar refractivity (Wildman–Crippen MR) is 91.2 cm³/mol. The first-order valence-electron chi connectivity index (χ1n) is 9.04. The minimum atomic E-state index is -3.44. The Bertz CT molecular complexity index is 485. The molecule has 7 heteroatoms. The maximum Gasteiger partial charge on any atom is 0.281 e. The number of carbonyl (C=O) groups is 1. The monoisotopic (exact) mass is 345 g/mol. The molecule has 1 amide bonds. The van der Waals surface area contributed by atoms with Crippen LogP contribution in [0.4, 0.5) is 0 Å². The van der Waals surface area contributed by atoms with Crippen LogP contribution in [0.5, 0.6) is 0 Å². The van der Waals surface area contributed by atoms with Gasteiger partial charge in [-0.05, 0) is 25.7 Å². The Labute approximate surface area is 140 Å². The van der Waals surface area contributed by atoms with Crippen LogP contribution in [0.3, 0.4) is 0 Å². The third-order valence-corrected chi connectivity index (χ3v) is 7.22. The van der Waals surface area contributed by atoms with Crippen molar-refractivity contribution in [2.24, 2.45) is 5.92 Å². The summed E-state index contributed by atoms with van der Waals surface area (Å²) in [6.45, 7) is 5.46. The van der Waals surface area contributed by atoms with Crippen molar-refractivity contribution < 1.29 is 13.2 Å². The number of hydrogen-bond donors (Lipinski definition) is 1. The molecule has 0 spiro atoms. The van der Waals surface area contributed by atoms with Crippen LogP contribution in [0.1, 0.15) is 58.8 Å². The zero-order valence-corrected chi connectivity index (χ0v) is 15.3. The van der Waals surface area contributed by atoms with Crippen molar-refractivity contribution in [3.8, 4) is 0 Å². The molecule has 0 aromatic heterocycles. The normalized spacial score (nSPS) is 24.7. The zero-order chi connectivity index (χ0) is 16.9. The topological polar surface area (TPSA) is 69.7 Å². The van der Waals surface area contributed by atoms with Crippen LogP contribution in [-0.4, -0.2) is 55.2 Å². The van der Waals surface area contributed by atoms with E-state index in [4.69, 9.17) is 0 Å². The van der Waals surface area contributed by atoms with Crippen LogP contribution in [-0.2, 0) is 15.0 Å². The van der Waals surface area contributed by atoms with Crippen molar-refractivity contribution in [1.29, 1.82) is 0 Å². The van der Waals surface area contributed by atoms with E-state index < -0.39 is 10.2 Å². The molecule has 0 radical (unpaired) electrons. The smallest absolute Gasteiger partial charge is 0.281 e. The lowest BCUT2D eigenvalue weighted by Gasteiger charge is -2.35. The fraction of sp³-hybridized carbons (Fsp3) is 0.938. The number of nitrogens with one attached hydrogen (secondary N) is 1. The van der Waals surface area contributed by atoms with Gasteiger partial charge in [-0.25, -0.2) is 0 Å².